The molecular weight excluding hydrogens is 326 g/mol. The van der Waals surface area contributed by atoms with E-state index in [9.17, 15) is 13.2 Å². The van der Waals surface area contributed by atoms with E-state index in [0.717, 1.165) is 16.7 Å². The van der Waals surface area contributed by atoms with E-state index in [1.54, 1.807) is 18.2 Å². The fourth-order valence-corrected chi connectivity index (χ4v) is 2.64. The van der Waals surface area contributed by atoms with Crippen LogP contribution in [0.4, 0.5) is 11.4 Å². The fourth-order valence-electron chi connectivity index (χ4n) is 2.19. The molecule has 0 unspecified atom stereocenters. The summed E-state index contributed by atoms with van der Waals surface area (Å²) in [5.74, 6) is -0.317. The van der Waals surface area contributed by atoms with Crippen LogP contribution in [0.1, 0.15) is 16.7 Å². The maximum Gasteiger partial charge on any atom is 0.296 e. The third-order valence-electron chi connectivity index (χ3n) is 3.23. The standard InChI is InChI=1S/C17H19N3O3S/c1-12-6-7-14(13(2)10-12)8-9-17(21)19-15-4-3-5-16(11-15)20-24(18,22)23/h3-11,20H,1-2H3,(H,19,21)(H2,18,22,23)/b9-8+. The van der Waals surface area contributed by atoms with Crippen LogP contribution in [0.25, 0.3) is 6.08 Å². The number of anilines is 2. The van der Waals surface area contributed by atoms with Crippen LogP contribution in [0.15, 0.2) is 48.5 Å². The molecule has 1 amide bonds. The maximum atomic E-state index is 12.0. The largest absolute Gasteiger partial charge is 0.322 e. The molecule has 4 N–H and O–H groups in total. The van der Waals surface area contributed by atoms with E-state index in [1.165, 1.54) is 18.2 Å². The summed E-state index contributed by atoms with van der Waals surface area (Å²) in [6, 6.07) is 12.2. The summed E-state index contributed by atoms with van der Waals surface area (Å²) in [7, 11) is -3.85. The second-order valence-electron chi connectivity index (χ2n) is 5.41. The van der Waals surface area contributed by atoms with E-state index in [4.69, 9.17) is 5.14 Å². The second-order valence-corrected chi connectivity index (χ2v) is 6.70. The van der Waals surface area contributed by atoms with Crippen molar-refractivity contribution in [3.8, 4) is 0 Å². The molecule has 0 atom stereocenters. The number of hydrogen-bond donors (Lipinski definition) is 3. The third kappa shape index (κ3) is 5.53. The summed E-state index contributed by atoms with van der Waals surface area (Å²) in [5.41, 5.74) is 3.93. The van der Waals surface area contributed by atoms with Crippen LogP contribution in [-0.4, -0.2) is 14.3 Å². The van der Waals surface area contributed by atoms with Crippen LogP contribution < -0.4 is 15.2 Å². The number of benzene rings is 2. The lowest BCUT2D eigenvalue weighted by molar-refractivity contribution is -0.111. The van der Waals surface area contributed by atoms with E-state index in [2.05, 4.69) is 10.0 Å². The maximum absolute atomic E-state index is 12.0. The van der Waals surface area contributed by atoms with Gasteiger partial charge in [0.15, 0.2) is 0 Å². The monoisotopic (exact) mass is 345 g/mol. The molecule has 2 rings (SSSR count). The van der Waals surface area contributed by atoms with Crippen molar-refractivity contribution in [1.29, 1.82) is 0 Å². The minimum absolute atomic E-state index is 0.272. The smallest absolute Gasteiger partial charge is 0.296 e. The summed E-state index contributed by atoms with van der Waals surface area (Å²) in [5, 5.41) is 7.59. The molecule has 126 valence electrons. The molecule has 0 aliphatic rings. The lowest BCUT2D eigenvalue weighted by atomic mass is 10.1. The quantitative estimate of drug-likeness (QED) is 0.726. The zero-order valence-electron chi connectivity index (χ0n) is 13.4. The van der Waals surface area contributed by atoms with Gasteiger partial charge in [-0.25, -0.2) is 5.14 Å². The molecule has 2 aromatic carbocycles. The van der Waals surface area contributed by atoms with Crippen LogP contribution in [0.2, 0.25) is 0 Å². The van der Waals surface area contributed by atoms with E-state index < -0.39 is 10.2 Å². The predicted octanol–water partition coefficient (Wildman–Crippen LogP) is 2.57. The summed E-state index contributed by atoms with van der Waals surface area (Å²) < 4.78 is 24.2. The van der Waals surface area contributed by atoms with Crippen LogP contribution >= 0.6 is 0 Å². The number of rotatable bonds is 5. The lowest BCUT2D eigenvalue weighted by Crippen LogP contribution is -2.21. The molecular formula is C17H19N3O3S. The molecule has 0 saturated carbocycles. The van der Waals surface area contributed by atoms with Crippen molar-refractivity contribution >= 4 is 33.6 Å². The van der Waals surface area contributed by atoms with Crippen molar-refractivity contribution in [1.82, 2.24) is 0 Å². The SMILES string of the molecule is Cc1ccc(/C=C/C(=O)Nc2cccc(NS(N)(=O)=O)c2)c(C)c1. The molecule has 0 spiro atoms. The Morgan fingerprint density at radius 3 is 2.46 bits per heavy atom. The normalized spacial score (nSPS) is 11.5. The summed E-state index contributed by atoms with van der Waals surface area (Å²) in [6.07, 6.45) is 3.16. The molecule has 0 fully saturated rings. The first kappa shape index (κ1) is 17.7. The Morgan fingerprint density at radius 1 is 1.08 bits per heavy atom. The topological polar surface area (TPSA) is 101 Å². The minimum Gasteiger partial charge on any atom is -0.322 e. The number of nitrogens with two attached hydrogens (primary N) is 1. The molecule has 0 aromatic heterocycles. The molecule has 0 heterocycles. The van der Waals surface area contributed by atoms with E-state index in [1.807, 2.05) is 32.0 Å². The lowest BCUT2D eigenvalue weighted by Gasteiger charge is -2.07. The van der Waals surface area contributed by atoms with Gasteiger partial charge in [0.2, 0.25) is 5.91 Å². The zero-order valence-corrected chi connectivity index (χ0v) is 14.2. The third-order valence-corrected chi connectivity index (χ3v) is 3.75. The van der Waals surface area contributed by atoms with Gasteiger partial charge < -0.3 is 5.32 Å². The minimum atomic E-state index is -3.85. The van der Waals surface area contributed by atoms with Gasteiger partial charge in [0.25, 0.3) is 10.2 Å². The predicted molar refractivity (Wildman–Crippen MR) is 96.8 cm³/mol. The van der Waals surface area contributed by atoms with Crippen molar-refractivity contribution in [2.75, 3.05) is 10.0 Å². The Kier molecular flexibility index (Phi) is 5.38. The Morgan fingerprint density at radius 2 is 1.79 bits per heavy atom. The van der Waals surface area contributed by atoms with Gasteiger partial charge in [0.1, 0.15) is 0 Å². The number of nitrogens with one attached hydrogen (secondary N) is 2. The van der Waals surface area contributed by atoms with Crippen molar-refractivity contribution in [2.45, 2.75) is 13.8 Å². The molecule has 2 aromatic rings. The first-order valence-corrected chi connectivity index (χ1v) is 8.74. The van der Waals surface area contributed by atoms with Crippen molar-refractivity contribution in [3.63, 3.8) is 0 Å². The van der Waals surface area contributed by atoms with Gasteiger partial charge in [0.05, 0.1) is 5.69 Å². The van der Waals surface area contributed by atoms with Gasteiger partial charge >= 0.3 is 0 Å². The molecule has 6 nitrogen and oxygen atoms in total. The number of carbonyl (C=O) groups is 1. The summed E-state index contributed by atoms with van der Waals surface area (Å²) in [4.78, 5) is 12.0. The van der Waals surface area contributed by atoms with Gasteiger partial charge in [-0.3, -0.25) is 9.52 Å². The molecule has 24 heavy (non-hydrogen) atoms. The summed E-state index contributed by atoms with van der Waals surface area (Å²) >= 11 is 0. The Bertz CT molecular complexity index is 890. The van der Waals surface area contributed by atoms with Gasteiger partial charge in [-0.15, -0.1) is 0 Å². The van der Waals surface area contributed by atoms with Crippen molar-refractivity contribution in [2.24, 2.45) is 5.14 Å². The van der Waals surface area contributed by atoms with Gasteiger partial charge in [-0.05, 0) is 49.2 Å². The number of carbonyl (C=O) groups excluding carboxylic acids is 1. The Hall–Kier alpha value is -2.64. The molecule has 0 saturated heterocycles. The Balaban J connectivity index is 2.07. The van der Waals surface area contributed by atoms with Crippen molar-refractivity contribution in [3.05, 3.63) is 65.2 Å². The van der Waals surface area contributed by atoms with E-state index >= 15 is 0 Å². The average Bonchev–Trinajstić information content (AvgIpc) is 2.45. The van der Waals surface area contributed by atoms with Gasteiger partial charge in [-0.2, -0.15) is 8.42 Å². The van der Waals surface area contributed by atoms with Crippen LogP contribution in [0.5, 0.6) is 0 Å². The second kappa shape index (κ2) is 7.29. The molecule has 7 heteroatoms. The van der Waals surface area contributed by atoms with E-state index in [-0.39, 0.29) is 11.6 Å². The van der Waals surface area contributed by atoms with Crippen LogP contribution in [0, 0.1) is 13.8 Å². The highest BCUT2D eigenvalue weighted by atomic mass is 32.2. The molecule has 0 radical (unpaired) electrons. The zero-order chi connectivity index (χ0) is 17.7. The first-order chi connectivity index (χ1) is 11.2. The highest BCUT2D eigenvalue weighted by Crippen LogP contribution is 2.16. The van der Waals surface area contributed by atoms with Crippen LogP contribution in [0.3, 0.4) is 0 Å². The van der Waals surface area contributed by atoms with E-state index in [0.29, 0.717) is 5.69 Å². The van der Waals surface area contributed by atoms with Crippen LogP contribution in [-0.2, 0) is 15.0 Å². The average molecular weight is 345 g/mol. The fraction of sp³-hybridized carbons (Fsp3) is 0.118. The van der Waals surface area contributed by atoms with Gasteiger partial charge in [-0.1, -0.05) is 29.8 Å². The summed E-state index contributed by atoms with van der Waals surface area (Å²) in [6.45, 7) is 3.99. The first-order valence-electron chi connectivity index (χ1n) is 7.20. The highest BCUT2D eigenvalue weighted by molar-refractivity contribution is 7.90. The number of amides is 1. The van der Waals surface area contributed by atoms with Crippen molar-refractivity contribution < 1.29 is 13.2 Å². The van der Waals surface area contributed by atoms with Gasteiger partial charge in [0, 0.05) is 11.8 Å². The molecule has 0 aliphatic carbocycles. The molecule has 0 bridgehead atoms. The number of aryl methyl sites for hydroxylation is 2. The molecule has 0 aliphatic heterocycles. The highest BCUT2D eigenvalue weighted by Gasteiger charge is 2.04. The number of hydrogen-bond acceptors (Lipinski definition) is 3. The Labute approximate surface area is 141 Å².